The molecule has 0 amide bonds. The molecule has 0 radical (unpaired) electrons. The second-order valence-electron chi connectivity index (χ2n) is 9.91. The number of thiophene rings is 1. The molecule has 8 heteroatoms. The maximum atomic E-state index is 10.1. The van der Waals surface area contributed by atoms with Crippen LogP contribution in [-0.2, 0) is 15.8 Å². The summed E-state index contributed by atoms with van der Waals surface area (Å²) in [5, 5.41) is 21.4. The van der Waals surface area contributed by atoms with Crippen LogP contribution in [0.25, 0.3) is 21.2 Å². The number of ether oxygens (including phenoxy) is 2. The number of benzene rings is 2. The van der Waals surface area contributed by atoms with Crippen LogP contribution in [0.5, 0.6) is 5.75 Å². The van der Waals surface area contributed by atoms with E-state index < -0.39 is 15.4 Å². The van der Waals surface area contributed by atoms with E-state index in [1.165, 1.54) is 11.3 Å². The topological polar surface area (TPSA) is 68.2 Å². The SMILES string of the molecule is COCCOc1ccc(-c2c(B(O)O)sc3ccc(CO[Si](C)(C)C(C)(C)C)cc23)c(C)c1. The van der Waals surface area contributed by atoms with E-state index in [-0.39, 0.29) is 5.04 Å². The summed E-state index contributed by atoms with van der Waals surface area (Å²) in [5.74, 6) is 0.766. The molecule has 0 spiro atoms. The Morgan fingerprint density at radius 2 is 1.76 bits per heavy atom. The molecule has 178 valence electrons. The van der Waals surface area contributed by atoms with Crippen molar-refractivity contribution in [1.82, 2.24) is 0 Å². The predicted molar refractivity (Wildman–Crippen MR) is 141 cm³/mol. The first-order chi connectivity index (χ1) is 15.4. The van der Waals surface area contributed by atoms with E-state index in [9.17, 15) is 10.0 Å². The van der Waals surface area contributed by atoms with E-state index in [0.717, 1.165) is 38.1 Å². The molecule has 0 aliphatic heterocycles. The van der Waals surface area contributed by atoms with Crippen molar-refractivity contribution in [2.45, 2.75) is 52.4 Å². The highest BCUT2D eigenvalue weighted by atomic mass is 32.1. The molecular formula is C25H35BO5SSi. The lowest BCUT2D eigenvalue weighted by Crippen LogP contribution is -2.40. The van der Waals surface area contributed by atoms with Crippen LogP contribution >= 0.6 is 11.3 Å². The first kappa shape index (κ1) is 25.9. The Bertz CT molecular complexity index is 1100. The molecular weight excluding hydrogens is 451 g/mol. The van der Waals surface area contributed by atoms with Crippen molar-refractivity contribution >= 4 is 41.6 Å². The summed E-state index contributed by atoms with van der Waals surface area (Å²) in [6, 6.07) is 12.1. The van der Waals surface area contributed by atoms with Gasteiger partial charge in [-0.3, -0.25) is 0 Å². The standard InChI is InChI=1S/C25H35BO5SSi/c1-17-14-19(30-13-12-29-5)9-10-20(17)23-21-15-18(16-31-33(6,7)25(2,3)4)8-11-22(21)32-24(23)26(27)28/h8-11,14-15,27-28H,12-13,16H2,1-7H3. The summed E-state index contributed by atoms with van der Waals surface area (Å²) in [6.45, 7) is 14.8. The smallest absolute Gasteiger partial charge is 0.491 e. The highest BCUT2D eigenvalue weighted by molar-refractivity contribution is 7.28. The van der Waals surface area contributed by atoms with Gasteiger partial charge in [0.2, 0.25) is 0 Å². The van der Waals surface area contributed by atoms with Crippen LogP contribution in [0.2, 0.25) is 18.1 Å². The quantitative estimate of drug-likeness (QED) is 0.325. The van der Waals surface area contributed by atoms with Crippen molar-refractivity contribution in [3.05, 3.63) is 47.5 Å². The normalized spacial score (nSPS) is 12.4. The Hall–Kier alpha value is -1.68. The molecule has 1 heterocycles. The van der Waals surface area contributed by atoms with Crippen LogP contribution in [0.15, 0.2) is 36.4 Å². The van der Waals surface area contributed by atoms with Gasteiger partial charge in [0.1, 0.15) is 12.4 Å². The van der Waals surface area contributed by atoms with Crippen molar-refractivity contribution in [2.75, 3.05) is 20.3 Å². The van der Waals surface area contributed by atoms with Crippen LogP contribution in [0, 0.1) is 6.92 Å². The van der Waals surface area contributed by atoms with E-state index in [2.05, 4.69) is 52.1 Å². The van der Waals surface area contributed by atoms with E-state index >= 15 is 0 Å². The largest absolute Gasteiger partial charge is 0.499 e. The van der Waals surface area contributed by atoms with Crippen molar-refractivity contribution in [3.8, 4) is 16.9 Å². The fourth-order valence-corrected chi connectivity index (χ4v) is 5.47. The fraction of sp³-hybridized carbons (Fsp3) is 0.440. The van der Waals surface area contributed by atoms with Crippen molar-refractivity contribution < 1.29 is 23.9 Å². The molecule has 3 aromatic rings. The first-order valence-electron chi connectivity index (χ1n) is 11.2. The van der Waals surface area contributed by atoms with Crippen LogP contribution in [0.4, 0.5) is 0 Å². The molecule has 0 atom stereocenters. The molecule has 0 fully saturated rings. The summed E-state index contributed by atoms with van der Waals surface area (Å²) in [4.78, 5) is 0. The molecule has 0 aliphatic carbocycles. The van der Waals surface area contributed by atoms with Crippen LogP contribution in [0.3, 0.4) is 0 Å². The van der Waals surface area contributed by atoms with Crippen molar-refractivity contribution in [1.29, 1.82) is 0 Å². The highest BCUT2D eigenvalue weighted by Gasteiger charge is 2.37. The zero-order chi connectivity index (χ0) is 24.4. The minimum Gasteiger partial charge on any atom is -0.491 e. The van der Waals surface area contributed by atoms with Gasteiger partial charge in [0.05, 0.1) is 13.2 Å². The average molecular weight is 487 g/mol. The number of hydrogen-bond acceptors (Lipinski definition) is 6. The van der Waals surface area contributed by atoms with Crippen LogP contribution in [-0.4, -0.2) is 45.8 Å². The predicted octanol–water partition coefficient (Wildman–Crippen LogP) is 5.10. The van der Waals surface area contributed by atoms with E-state index in [0.29, 0.717) is 24.6 Å². The lowest BCUT2D eigenvalue weighted by molar-refractivity contribution is 0.146. The number of methoxy groups -OCH3 is 1. The Morgan fingerprint density at radius 3 is 2.36 bits per heavy atom. The van der Waals surface area contributed by atoms with Gasteiger partial charge in [0.25, 0.3) is 0 Å². The Labute approximate surface area is 202 Å². The third-order valence-electron chi connectivity index (χ3n) is 6.44. The van der Waals surface area contributed by atoms with E-state index in [4.69, 9.17) is 13.9 Å². The Morgan fingerprint density at radius 1 is 1.03 bits per heavy atom. The minimum atomic E-state index is -1.87. The molecule has 2 aromatic carbocycles. The molecule has 0 unspecified atom stereocenters. The fourth-order valence-electron chi connectivity index (χ4n) is 3.44. The van der Waals surface area contributed by atoms with Crippen molar-refractivity contribution in [3.63, 3.8) is 0 Å². The summed E-state index contributed by atoms with van der Waals surface area (Å²) in [7, 11) is -1.77. The molecule has 33 heavy (non-hydrogen) atoms. The molecule has 2 N–H and O–H groups in total. The Balaban J connectivity index is 2.00. The zero-order valence-electron chi connectivity index (χ0n) is 20.7. The number of aryl methyl sites for hydroxylation is 1. The van der Waals surface area contributed by atoms with Crippen molar-refractivity contribution in [2.24, 2.45) is 0 Å². The maximum Gasteiger partial charge on any atom is 0.499 e. The Kier molecular flexibility index (Phi) is 8.09. The number of rotatable bonds is 9. The summed E-state index contributed by atoms with van der Waals surface area (Å²) < 4.78 is 18.8. The average Bonchev–Trinajstić information content (AvgIpc) is 3.11. The highest BCUT2D eigenvalue weighted by Crippen LogP contribution is 2.39. The third kappa shape index (κ3) is 5.88. The van der Waals surface area contributed by atoms with Gasteiger partial charge in [0, 0.05) is 27.5 Å². The van der Waals surface area contributed by atoms with Gasteiger partial charge in [-0.25, -0.2) is 0 Å². The summed E-state index contributed by atoms with van der Waals surface area (Å²) >= 11 is 1.41. The molecule has 3 rings (SSSR count). The van der Waals surface area contributed by atoms with E-state index in [1.807, 2.05) is 25.1 Å². The number of fused-ring (bicyclic) bond motifs is 1. The second-order valence-corrected chi connectivity index (χ2v) is 15.8. The third-order valence-corrected chi connectivity index (χ3v) is 12.1. The van der Waals surface area contributed by atoms with Gasteiger partial charge < -0.3 is 23.9 Å². The lowest BCUT2D eigenvalue weighted by atomic mass is 9.82. The summed E-state index contributed by atoms with van der Waals surface area (Å²) in [6.07, 6.45) is 0. The molecule has 0 saturated carbocycles. The molecule has 0 bridgehead atoms. The van der Waals surface area contributed by atoms with Gasteiger partial charge in [-0.15, -0.1) is 11.3 Å². The van der Waals surface area contributed by atoms with Crippen LogP contribution < -0.4 is 9.51 Å². The first-order valence-corrected chi connectivity index (χ1v) is 15.0. The monoisotopic (exact) mass is 486 g/mol. The maximum absolute atomic E-state index is 10.1. The van der Waals surface area contributed by atoms with Gasteiger partial charge in [0.15, 0.2) is 8.32 Å². The zero-order valence-corrected chi connectivity index (χ0v) is 22.5. The molecule has 5 nitrogen and oxygen atoms in total. The molecule has 1 aromatic heterocycles. The van der Waals surface area contributed by atoms with Gasteiger partial charge >= 0.3 is 7.12 Å². The van der Waals surface area contributed by atoms with Gasteiger partial charge in [-0.1, -0.05) is 32.9 Å². The van der Waals surface area contributed by atoms with Gasteiger partial charge in [-0.2, -0.15) is 0 Å². The second kappa shape index (κ2) is 10.3. The minimum absolute atomic E-state index is 0.142. The van der Waals surface area contributed by atoms with Gasteiger partial charge in [-0.05, 0) is 66.0 Å². The number of hydrogen-bond donors (Lipinski definition) is 2. The lowest BCUT2D eigenvalue weighted by Gasteiger charge is -2.36. The molecule has 0 saturated heterocycles. The van der Waals surface area contributed by atoms with E-state index in [1.54, 1.807) is 7.11 Å². The van der Waals surface area contributed by atoms with Crippen LogP contribution in [0.1, 0.15) is 31.9 Å². The molecule has 0 aliphatic rings. The summed E-state index contributed by atoms with van der Waals surface area (Å²) in [5.41, 5.74) is 3.92.